The second-order valence-electron chi connectivity index (χ2n) is 6.20. The summed E-state index contributed by atoms with van der Waals surface area (Å²) in [7, 11) is 2.98. The smallest absolute Gasteiger partial charge is 0.338 e. The lowest BCUT2D eigenvalue weighted by atomic mass is 9.86. The average molecular weight is 298 g/mol. The van der Waals surface area contributed by atoms with E-state index >= 15 is 0 Å². The van der Waals surface area contributed by atoms with Crippen LogP contribution in [0.25, 0.3) is 11.1 Å². The Balaban J connectivity index is 2.58. The van der Waals surface area contributed by atoms with Crippen molar-refractivity contribution in [2.75, 3.05) is 14.2 Å². The topological polar surface area (TPSA) is 35.5 Å². The molecule has 0 atom stereocenters. The van der Waals surface area contributed by atoms with Gasteiger partial charge >= 0.3 is 5.97 Å². The van der Waals surface area contributed by atoms with Gasteiger partial charge in [-0.05, 0) is 28.7 Å². The van der Waals surface area contributed by atoms with Crippen LogP contribution in [0, 0.1) is 0 Å². The molecule has 0 amide bonds. The zero-order valence-electron chi connectivity index (χ0n) is 13.8. The molecule has 0 saturated heterocycles. The molecular formula is C19H22O3. The summed E-state index contributed by atoms with van der Waals surface area (Å²) in [6.07, 6.45) is 0. The first-order valence-electron chi connectivity index (χ1n) is 7.24. The SMILES string of the molecule is COC(=O)c1cccc(OC)c1-c1ccc(C(C)(C)C)cc1. The van der Waals surface area contributed by atoms with Gasteiger partial charge in [0.05, 0.1) is 19.8 Å². The van der Waals surface area contributed by atoms with Gasteiger partial charge in [0.15, 0.2) is 0 Å². The van der Waals surface area contributed by atoms with E-state index in [-0.39, 0.29) is 11.4 Å². The van der Waals surface area contributed by atoms with E-state index in [1.54, 1.807) is 19.2 Å². The van der Waals surface area contributed by atoms with Gasteiger partial charge in [-0.25, -0.2) is 4.79 Å². The summed E-state index contributed by atoms with van der Waals surface area (Å²) in [4.78, 5) is 12.0. The van der Waals surface area contributed by atoms with Crippen LogP contribution < -0.4 is 4.74 Å². The van der Waals surface area contributed by atoms with E-state index in [1.807, 2.05) is 18.2 Å². The van der Waals surface area contributed by atoms with E-state index in [2.05, 4.69) is 32.9 Å². The van der Waals surface area contributed by atoms with Crippen LogP contribution in [0.2, 0.25) is 0 Å². The molecule has 0 bridgehead atoms. The number of benzene rings is 2. The van der Waals surface area contributed by atoms with Crippen molar-refractivity contribution in [3.63, 3.8) is 0 Å². The summed E-state index contributed by atoms with van der Waals surface area (Å²) in [6.45, 7) is 6.51. The summed E-state index contributed by atoms with van der Waals surface area (Å²) in [5.41, 5.74) is 3.53. The highest BCUT2D eigenvalue weighted by Gasteiger charge is 2.19. The van der Waals surface area contributed by atoms with Crippen molar-refractivity contribution in [3.05, 3.63) is 53.6 Å². The van der Waals surface area contributed by atoms with Crippen molar-refractivity contribution in [2.45, 2.75) is 26.2 Å². The van der Waals surface area contributed by atoms with Gasteiger partial charge in [0, 0.05) is 5.56 Å². The number of carbonyl (C=O) groups is 1. The van der Waals surface area contributed by atoms with E-state index in [1.165, 1.54) is 12.7 Å². The first-order valence-corrected chi connectivity index (χ1v) is 7.24. The largest absolute Gasteiger partial charge is 0.496 e. The Labute approximate surface area is 131 Å². The summed E-state index contributed by atoms with van der Waals surface area (Å²) in [5.74, 6) is 0.292. The lowest BCUT2D eigenvalue weighted by molar-refractivity contribution is 0.0601. The van der Waals surface area contributed by atoms with Crippen LogP contribution in [0.15, 0.2) is 42.5 Å². The van der Waals surface area contributed by atoms with Crippen molar-refractivity contribution >= 4 is 5.97 Å². The maximum absolute atomic E-state index is 12.0. The third-order valence-electron chi connectivity index (χ3n) is 3.69. The van der Waals surface area contributed by atoms with Crippen molar-refractivity contribution in [1.29, 1.82) is 0 Å². The van der Waals surface area contributed by atoms with Crippen LogP contribution >= 0.6 is 0 Å². The molecule has 0 unspecified atom stereocenters. The zero-order chi connectivity index (χ0) is 16.3. The van der Waals surface area contributed by atoms with Crippen LogP contribution in [0.4, 0.5) is 0 Å². The third kappa shape index (κ3) is 3.14. The van der Waals surface area contributed by atoms with E-state index in [9.17, 15) is 4.79 Å². The summed E-state index contributed by atoms with van der Waals surface area (Å²) < 4.78 is 10.3. The van der Waals surface area contributed by atoms with E-state index in [4.69, 9.17) is 9.47 Å². The number of rotatable bonds is 3. The van der Waals surface area contributed by atoms with Crippen LogP contribution in [0.5, 0.6) is 5.75 Å². The zero-order valence-corrected chi connectivity index (χ0v) is 13.8. The fraction of sp³-hybridized carbons (Fsp3) is 0.316. The van der Waals surface area contributed by atoms with Gasteiger partial charge < -0.3 is 9.47 Å². The van der Waals surface area contributed by atoms with Gasteiger partial charge in [-0.1, -0.05) is 51.1 Å². The van der Waals surface area contributed by atoms with Crippen LogP contribution in [0.3, 0.4) is 0 Å². The Hall–Kier alpha value is -2.29. The number of hydrogen-bond donors (Lipinski definition) is 0. The minimum atomic E-state index is -0.367. The molecule has 2 aromatic carbocycles. The molecule has 22 heavy (non-hydrogen) atoms. The molecular weight excluding hydrogens is 276 g/mol. The molecule has 0 fully saturated rings. The number of esters is 1. The highest BCUT2D eigenvalue weighted by Crippen LogP contribution is 2.35. The maximum Gasteiger partial charge on any atom is 0.338 e. The Morgan fingerprint density at radius 2 is 1.59 bits per heavy atom. The average Bonchev–Trinajstić information content (AvgIpc) is 2.52. The highest BCUT2D eigenvalue weighted by atomic mass is 16.5. The lowest BCUT2D eigenvalue weighted by Crippen LogP contribution is -2.10. The number of ether oxygens (including phenoxy) is 2. The molecule has 2 aromatic rings. The molecule has 0 aliphatic rings. The second kappa shape index (κ2) is 6.22. The fourth-order valence-corrected chi connectivity index (χ4v) is 2.42. The molecule has 0 spiro atoms. The van der Waals surface area contributed by atoms with Crippen LogP contribution in [-0.4, -0.2) is 20.2 Å². The van der Waals surface area contributed by atoms with Crippen molar-refractivity contribution in [2.24, 2.45) is 0 Å². The van der Waals surface area contributed by atoms with Gasteiger partial charge in [0.1, 0.15) is 5.75 Å². The number of hydrogen-bond acceptors (Lipinski definition) is 3. The molecule has 0 aliphatic heterocycles. The summed E-state index contributed by atoms with van der Waals surface area (Å²) in [6, 6.07) is 13.6. The monoisotopic (exact) mass is 298 g/mol. The van der Waals surface area contributed by atoms with Gasteiger partial charge in [-0.3, -0.25) is 0 Å². The molecule has 0 saturated carbocycles. The molecule has 3 heteroatoms. The Morgan fingerprint density at radius 3 is 2.09 bits per heavy atom. The Morgan fingerprint density at radius 1 is 0.955 bits per heavy atom. The molecule has 3 nitrogen and oxygen atoms in total. The summed E-state index contributed by atoms with van der Waals surface area (Å²) >= 11 is 0. The predicted molar refractivity (Wildman–Crippen MR) is 88.5 cm³/mol. The minimum absolute atomic E-state index is 0.0878. The number of methoxy groups -OCH3 is 2. The van der Waals surface area contributed by atoms with Crippen molar-refractivity contribution in [3.8, 4) is 16.9 Å². The third-order valence-corrected chi connectivity index (χ3v) is 3.69. The van der Waals surface area contributed by atoms with Crippen LogP contribution in [0.1, 0.15) is 36.7 Å². The fourth-order valence-electron chi connectivity index (χ4n) is 2.42. The lowest BCUT2D eigenvalue weighted by Gasteiger charge is -2.20. The minimum Gasteiger partial charge on any atom is -0.496 e. The summed E-state index contributed by atoms with van der Waals surface area (Å²) in [5, 5.41) is 0. The Bertz CT molecular complexity index is 664. The Kier molecular flexibility index (Phi) is 4.55. The first-order chi connectivity index (χ1) is 10.4. The maximum atomic E-state index is 12.0. The quantitative estimate of drug-likeness (QED) is 0.785. The molecule has 0 heterocycles. The normalized spacial score (nSPS) is 11.1. The number of carbonyl (C=O) groups excluding carboxylic acids is 1. The molecule has 116 valence electrons. The molecule has 0 N–H and O–H groups in total. The molecule has 0 radical (unpaired) electrons. The van der Waals surface area contributed by atoms with E-state index < -0.39 is 0 Å². The van der Waals surface area contributed by atoms with Gasteiger partial charge in [0.25, 0.3) is 0 Å². The molecule has 2 rings (SSSR count). The predicted octanol–water partition coefficient (Wildman–Crippen LogP) is 4.45. The van der Waals surface area contributed by atoms with Gasteiger partial charge in [-0.15, -0.1) is 0 Å². The van der Waals surface area contributed by atoms with Crippen molar-refractivity contribution < 1.29 is 14.3 Å². The molecule has 0 aliphatic carbocycles. The van der Waals surface area contributed by atoms with Crippen LogP contribution in [-0.2, 0) is 10.2 Å². The van der Waals surface area contributed by atoms with E-state index in [0.29, 0.717) is 11.3 Å². The highest BCUT2D eigenvalue weighted by molar-refractivity contribution is 5.99. The molecule has 0 aromatic heterocycles. The standard InChI is InChI=1S/C19H22O3/c1-19(2,3)14-11-9-13(10-12-14)17-15(18(20)22-5)7-6-8-16(17)21-4/h6-12H,1-5H3. The van der Waals surface area contributed by atoms with Crippen molar-refractivity contribution in [1.82, 2.24) is 0 Å². The van der Waals surface area contributed by atoms with E-state index in [0.717, 1.165) is 11.1 Å². The first kappa shape index (κ1) is 16.1. The van der Waals surface area contributed by atoms with Gasteiger partial charge in [0.2, 0.25) is 0 Å². The van der Waals surface area contributed by atoms with Gasteiger partial charge in [-0.2, -0.15) is 0 Å². The second-order valence-corrected chi connectivity index (χ2v) is 6.20.